The van der Waals surface area contributed by atoms with Crippen LogP contribution < -0.4 is 5.32 Å². The van der Waals surface area contributed by atoms with Gasteiger partial charge < -0.3 is 5.32 Å². The van der Waals surface area contributed by atoms with E-state index in [1.165, 1.54) is 25.7 Å². The van der Waals surface area contributed by atoms with E-state index < -0.39 is 0 Å². The number of halogens is 1. The van der Waals surface area contributed by atoms with Crippen molar-refractivity contribution in [1.82, 2.24) is 9.97 Å². The van der Waals surface area contributed by atoms with Crippen LogP contribution in [0.25, 0.3) is 11.0 Å². The first-order valence-corrected chi connectivity index (χ1v) is 7.66. The second kappa shape index (κ2) is 5.08. The van der Waals surface area contributed by atoms with Crippen molar-refractivity contribution < 1.29 is 0 Å². The Kier molecular flexibility index (Phi) is 3.44. The van der Waals surface area contributed by atoms with Crippen molar-refractivity contribution in [3.8, 4) is 0 Å². The zero-order valence-electron chi connectivity index (χ0n) is 11.1. The van der Waals surface area contributed by atoms with E-state index in [2.05, 4.69) is 38.1 Å². The third-order valence-electron chi connectivity index (χ3n) is 3.94. The lowest BCUT2D eigenvalue weighted by Gasteiger charge is -2.16. The Morgan fingerprint density at radius 2 is 2.21 bits per heavy atom. The molecule has 0 radical (unpaired) electrons. The Hall–Kier alpha value is -1.16. The molecule has 0 saturated heterocycles. The second-order valence-corrected chi connectivity index (χ2v) is 6.40. The van der Waals surface area contributed by atoms with Crippen LogP contribution in [0.4, 0.5) is 5.69 Å². The number of rotatable bonds is 5. The number of anilines is 1. The molecule has 1 saturated carbocycles. The summed E-state index contributed by atoms with van der Waals surface area (Å²) < 4.78 is 0.967. The molecule has 2 aromatic rings. The monoisotopic (exact) mass is 319 g/mol. The highest BCUT2D eigenvalue weighted by molar-refractivity contribution is 9.10. The molecule has 2 heterocycles. The Morgan fingerprint density at radius 3 is 2.95 bits per heavy atom. The third-order valence-corrected chi connectivity index (χ3v) is 4.37. The largest absolute Gasteiger partial charge is 0.383 e. The summed E-state index contributed by atoms with van der Waals surface area (Å²) >= 11 is 3.44. The summed E-state index contributed by atoms with van der Waals surface area (Å²) in [5.74, 6) is 0. The number of nitrogens with zero attached hydrogens (tertiary/aromatic N) is 2. The Balaban J connectivity index is 1.81. The molecule has 19 heavy (non-hydrogen) atoms. The minimum absolute atomic E-state index is 0.541. The molecule has 1 aliphatic rings. The second-order valence-electron chi connectivity index (χ2n) is 5.48. The normalized spacial score (nSPS) is 16.5. The van der Waals surface area contributed by atoms with Crippen molar-refractivity contribution in [2.24, 2.45) is 5.41 Å². The van der Waals surface area contributed by atoms with Crippen molar-refractivity contribution in [2.75, 3.05) is 11.9 Å². The van der Waals surface area contributed by atoms with Crippen molar-refractivity contribution >= 4 is 32.7 Å². The van der Waals surface area contributed by atoms with E-state index in [4.69, 9.17) is 0 Å². The molecular weight excluding hydrogens is 302 g/mol. The average Bonchev–Trinajstić information content (AvgIpc) is 3.16. The molecule has 0 aliphatic heterocycles. The highest BCUT2D eigenvalue weighted by Gasteiger charge is 2.41. The summed E-state index contributed by atoms with van der Waals surface area (Å²) in [5.41, 5.74) is 3.53. The van der Waals surface area contributed by atoms with Gasteiger partial charge in [0.2, 0.25) is 0 Å². The number of aromatic nitrogens is 2. The quantitative estimate of drug-likeness (QED) is 0.888. The molecular formula is C15H18BrN3. The fourth-order valence-electron chi connectivity index (χ4n) is 2.65. The van der Waals surface area contributed by atoms with Crippen LogP contribution in [0.1, 0.15) is 32.6 Å². The van der Waals surface area contributed by atoms with E-state index in [9.17, 15) is 0 Å². The van der Waals surface area contributed by atoms with E-state index >= 15 is 0 Å². The molecule has 3 nitrogen and oxygen atoms in total. The zero-order chi connectivity index (χ0) is 13.3. The van der Waals surface area contributed by atoms with Crippen molar-refractivity contribution in [3.05, 3.63) is 29.0 Å². The summed E-state index contributed by atoms with van der Waals surface area (Å²) in [5, 5.41) is 3.58. The van der Waals surface area contributed by atoms with Crippen molar-refractivity contribution in [3.63, 3.8) is 0 Å². The average molecular weight is 320 g/mol. The summed E-state index contributed by atoms with van der Waals surface area (Å²) in [6.07, 6.45) is 8.98. The summed E-state index contributed by atoms with van der Waals surface area (Å²) in [7, 11) is 0. The molecule has 1 fully saturated rings. The lowest BCUT2D eigenvalue weighted by atomic mass is 10.0. The Bertz CT molecular complexity index is 593. The first kappa shape index (κ1) is 12.9. The number of hydrogen-bond donors (Lipinski definition) is 1. The molecule has 0 unspecified atom stereocenters. The Labute approximate surface area is 122 Å². The summed E-state index contributed by atoms with van der Waals surface area (Å²) in [6, 6.07) is 4.03. The number of pyridine rings is 2. The maximum absolute atomic E-state index is 4.48. The van der Waals surface area contributed by atoms with Gasteiger partial charge in [-0.1, -0.05) is 13.3 Å². The van der Waals surface area contributed by atoms with Gasteiger partial charge in [0.25, 0.3) is 0 Å². The highest BCUT2D eigenvalue weighted by atomic mass is 79.9. The molecule has 1 aliphatic carbocycles. The lowest BCUT2D eigenvalue weighted by molar-refractivity contribution is 0.486. The van der Waals surface area contributed by atoms with Crippen LogP contribution in [0.3, 0.4) is 0 Å². The topological polar surface area (TPSA) is 37.8 Å². The highest BCUT2D eigenvalue weighted by Crippen LogP contribution is 2.49. The molecule has 0 spiro atoms. The van der Waals surface area contributed by atoms with Gasteiger partial charge in [0.15, 0.2) is 0 Å². The number of nitrogens with one attached hydrogen (secondary N) is 1. The fraction of sp³-hybridized carbons (Fsp3) is 0.467. The van der Waals surface area contributed by atoms with Gasteiger partial charge in [-0.05, 0) is 52.7 Å². The molecule has 2 aromatic heterocycles. The van der Waals surface area contributed by atoms with Gasteiger partial charge in [-0.2, -0.15) is 0 Å². The molecule has 0 bridgehead atoms. The molecule has 0 atom stereocenters. The predicted octanol–water partition coefficient (Wildman–Crippen LogP) is 4.38. The predicted molar refractivity (Wildman–Crippen MR) is 82.3 cm³/mol. The smallest absolute Gasteiger partial charge is 0.112 e. The van der Waals surface area contributed by atoms with Crippen LogP contribution in [0, 0.1) is 5.41 Å². The van der Waals surface area contributed by atoms with Crippen molar-refractivity contribution in [1.29, 1.82) is 0 Å². The van der Waals surface area contributed by atoms with E-state index in [-0.39, 0.29) is 0 Å². The molecule has 3 rings (SSSR count). The molecule has 1 N–H and O–H groups in total. The minimum Gasteiger partial charge on any atom is -0.383 e. The van der Waals surface area contributed by atoms with Crippen molar-refractivity contribution in [2.45, 2.75) is 32.6 Å². The Morgan fingerprint density at radius 1 is 1.37 bits per heavy atom. The van der Waals surface area contributed by atoms with Crippen LogP contribution in [0.5, 0.6) is 0 Å². The van der Waals surface area contributed by atoms with Crippen LogP contribution in [0.15, 0.2) is 29.0 Å². The van der Waals surface area contributed by atoms with E-state index in [0.29, 0.717) is 5.41 Å². The third kappa shape index (κ3) is 2.73. The molecule has 0 aromatic carbocycles. The zero-order valence-corrected chi connectivity index (χ0v) is 12.7. The maximum Gasteiger partial charge on any atom is 0.112 e. The van der Waals surface area contributed by atoms with Gasteiger partial charge in [0.05, 0.1) is 11.2 Å². The summed E-state index contributed by atoms with van der Waals surface area (Å²) in [6.45, 7) is 3.32. The molecule has 100 valence electrons. The first-order valence-electron chi connectivity index (χ1n) is 6.87. The maximum atomic E-state index is 4.48. The van der Waals surface area contributed by atoms with Crippen LogP contribution in [-0.4, -0.2) is 16.5 Å². The lowest BCUT2D eigenvalue weighted by Crippen LogP contribution is -2.15. The van der Waals surface area contributed by atoms with E-state index in [1.54, 1.807) is 0 Å². The van der Waals surface area contributed by atoms with Crippen LogP contribution in [0.2, 0.25) is 0 Å². The molecule has 4 heteroatoms. The standard InChI is InChI=1S/C15H18BrN3/c1-2-4-15(5-6-15)10-19-12-3-7-17-13-8-11(16)9-18-14(12)13/h3,7-9H,2,4-6,10H2,1H3,(H,17,19). The first-order chi connectivity index (χ1) is 9.22. The van der Waals surface area contributed by atoms with Crippen LogP contribution in [-0.2, 0) is 0 Å². The van der Waals surface area contributed by atoms with Gasteiger partial charge in [0.1, 0.15) is 5.52 Å². The van der Waals surface area contributed by atoms with Gasteiger partial charge in [-0.15, -0.1) is 0 Å². The van der Waals surface area contributed by atoms with E-state index in [0.717, 1.165) is 27.7 Å². The van der Waals surface area contributed by atoms with Gasteiger partial charge in [0, 0.05) is 23.4 Å². The van der Waals surface area contributed by atoms with Crippen LogP contribution >= 0.6 is 15.9 Å². The summed E-state index contributed by atoms with van der Waals surface area (Å²) in [4.78, 5) is 8.84. The van der Waals surface area contributed by atoms with E-state index in [1.807, 2.05) is 24.5 Å². The molecule has 0 amide bonds. The SMILES string of the molecule is CCCC1(CNc2ccnc3cc(Br)cnc23)CC1. The minimum atomic E-state index is 0.541. The van der Waals surface area contributed by atoms with Gasteiger partial charge in [-0.3, -0.25) is 9.97 Å². The number of fused-ring (bicyclic) bond motifs is 1. The fourth-order valence-corrected chi connectivity index (χ4v) is 2.97. The van der Waals surface area contributed by atoms with Gasteiger partial charge in [-0.25, -0.2) is 0 Å². The van der Waals surface area contributed by atoms with Gasteiger partial charge >= 0.3 is 0 Å². The number of hydrogen-bond acceptors (Lipinski definition) is 3.